The van der Waals surface area contributed by atoms with E-state index in [4.69, 9.17) is 0 Å². The number of aliphatic hydroxyl groups is 1. The minimum Gasteiger partial charge on any atom is -0.434 e. The molecule has 3 rings (SSSR count). The number of ether oxygens (including phenoxy) is 1. The van der Waals surface area contributed by atoms with Crippen LogP contribution in [0.15, 0.2) is 12.2 Å². The molecule has 1 heterocycles. The zero-order valence-electron chi connectivity index (χ0n) is 12.2. The van der Waals surface area contributed by atoms with E-state index in [2.05, 4.69) is 16.1 Å². The molecule has 2 aliphatic carbocycles. The van der Waals surface area contributed by atoms with Gasteiger partial charge in [0.25, 0.3) is 0 Å². The third kappa shape index (κ3) is 3.12. The van der Waals surface area contributed by atoms with E-state index >= 15 is 0 Å². The smallest absolute Gasteiger partial charge is 0.310 e. The van der Waals surface area contributed by atoms with Gasteiger partial charge in [0.2, 0.25) is 12.2 Å². The Balaban J connectivity index is 1.62. The third-order valence-corrected chi connectivity index (χ3v) is 5.02. The Labute approximate surface area is 124 Å². The molecule has 0 aromatic heterocycles. The van der Waals surface area contributed by atoms with Crippen molar-refractivity contribution in [2.45, 2.75) is 57.3 Å². The molecule has 21 heavy (non-hydrogen) atoms. The highest BCUT2D eigenvalue weighted by atomic mass is 16.6. The molecule has 5 unspecified atom stereocenters. The molecule has 0 aromatic rings. The van der Waals surface area contributed by atoms with Gasteiger partial charge in [-0.05, 0) is 24.7 Å². The Hall–Kier alpha value is -1.36. The van der Waals surface area contributed by atoms with E-state index in [-0.39, 0.29) is 18.2 Å². The van der Waals surface area contributed by atoms with Crippen LogP contribution >= 0.6 is 0 Å². The van der Waals surface area contributed by atoms with Crippen molar-refractivity contribution in [3.8, 4) is 0 Å². The number of cyclic esters (lactones) is 1. The van der Waals surface area contributed by atoms with Crippen LogP contribution in [0.2, 0.25) is 0 Å². The molecule has 1 saturated heterocycles. The molecule has 0 spiro atoms. The summed E-state index contributed by atoms with van der Waals surface area (Å²) in [4.78, 5) is 23.6. The number of esters is 1. The Morgan fingerprint density at radius 2 is 1.95 bits per heavy atom. The highest BCUT2D eigenvalue weighted by Gasteiger charge is 2.39. The molecule has 2 N–H and O–H groups in total. The van der Waals surface area contributed by atoms with E-state index in [1.807, 2.05) is 6.08 Å². The maximum absolute atomic E-state index is 12.5. The van der Waals surface area contributed by atoms with Gasteiger partial charge < -0.3 is 15.2 Å². The standard InChI is InChI=1S/C16H23NO4/c18-14-9-13(16(20)21-14)17-15(19)12-8-7-10-5-3-1-2-4-6-11(10)12/h7-8,10-13,16,20H,1-6,9H2,(H,17,19). The summed E-state index contributed by atoms with van der Waals surface area (Å²) in [6.45, 7) is 0. The number of carbonyl (C=O) groups is 2. The summed E-state index contributed by atoms with van der Waals surface area (Å²) in [6, 6.07) is -0.606. The maximum Gasteiger partial charge on any atom is 0.310 e. The maximum atomic E-state index is 12.5. The predicted molar refractivity (Wildman–Crippen MR) is 76.0 cm³/mol. The molecule has 0 bridgehead atoms. The fourth-order valence-corrected chi connectivity index (χ4v) is 3.86. The lowest BCUT2D eigenvalue weighted by Crippen LogP contribution is -2.44. The molecule has 5 heteroatoms. The molecule has 1 saturated carbocycles. The Kier molecular flexibility index (Phi) is 4.29. The summed E-state index contributed by atoms with van der Waals surface area (Å²) in [5.74, 6) is 0.212. The summed E-state index contributed by atoms with van der Waals surface area (Å²) in [5.41, 5.74) is 0. The number of amides is 1. The molecule has 5 nitrogen and oxygen atoms in total. The number of hydrogen-bond acceptors (Lipinski definition) is 4. The van der Waals surface area contributed by atoms with E-state index in [0.717, 1.165) is 6.42 Å². The first-order valence-corrected chi connectivity index (χ1v) is 8.01. The lowest BCUT2D eigenvalue weighted by atomic mass is 9.79. The van der Waals surface area contributed by atoms with Gasteiger partial charge in [0, 0.05) is 0 Å². The summed E-state index contributed by atoms with van der Waals surface area (Å²) >= 11 is 0. The van der Waals surface area contributed by atoms with Crippen molar-refractivity contribution in [3.05, 3.63) is 12.2 Å². The van der Waals surface area contributed by atoms with E-state index in [1.54, 1.807) is 0 Å². The van der Waals surface area contributed by atoms with Crippen LogP contribution < -0.4 is 5.32 Å². The number of allylic oxidation sites excluding steroid dienone is 1. The molecule has 116 valence electrons. The molecule has 0 radical (unpaired) electrons. The molecule has 0 aromatic carbocycles. The molecular formula is C16H23NO4. The number of fused-ring (bicyclic) bond motifs is 1. The van der Waals surface area contributed by atoms with Crippen LogP contribution in [0, 0.1) is 17.8 Å². The van der Waals surface area contributed by atoms with Crippen LogP contribution in [-0.4, -0.2) is 29.3 Å². The van der Waals surface area contributed by atoms with E-state index in [9.17, 15) is 14.7 Å². The van der Waals surface area contributed by atoms with Crippen LogP contribution in [0.1, 0.15) is 44.9 Å². The normalized spacial score (nSPS) is 39.3. The fourth-order valence-electron chi connectivity index (χ4n) is 3.86. The Morgan fingerprint density at radius 1 is 1.19 bits per heavy atom. The van der Waals surface area contributed by atoms with Gasteiger partial charge in [-0.2, -0.15) is 0 Å². The van der Waals surface area contributed by atoms with Gasteiger partial charge in [0.15, 0.2) is 0 Å². The molecule has 1 amide bonds. The SMILES string of the molecule is O=C1CC(NC(=O)C2C=CC3CCCCCCC32)C(O)O1. The first-order chi connectivity index (χ1) is 10.1. The second-order valence-electron chi connectivity index (χ2n) is 6.43. The van der Waals surface area contributed by atoms with Gasteiger partial charge in [-0.3, -0.25) is 9.59 Å². The molecular weight excluding hydrogens is 270 g/mol. The van der Waals surface area contributed by atoms with Crippen molar-refractivity contribution >= 4 is 11.9 Å². The molecule has 1 aliphatic heterocycles. The lowest BCUT2D eigenvalue weighted by Gasteiger charge is -2.27. The quantitative estimate of drug-likeness (QED) is 0.598. The second kappa shape index (κ2) is 6.18. The Morgan fingerprint density at radius 3 is 2.67 bits per heavy atom. The second-order valence-corrected chi connectivity index (χ2v) is 6.43. The average Bonchev–Trinajstić information content (AvgIpc) is 2.93. The highest BCUT2D eigenvalue weighted by Crippen LogP contribution is 2.39. The summed E-state index contributed by atoms with van der Waals surface area (Å²) in [5, 5.41) is 12.4. The van der Waals surface area contributed by atoms with Crippen LogP contribution in [0.3, 0.4) is 0 Å². The lowest BCUT2D eigenvalue weighted by molar-refractivity contribution is -0.155. The van der Waals surface area contributed by atoms with Crippen molar-refractivity contribution in [1.82, 2.24) is 5.32 Å². The summed E-state index contributed by atoms with van der Waals surface area (Å²) < 4.78 is 4.66. The van der Waals surface area contributed by atoms with Gasteiger partial charge in [0.1, 0.15) is 6.04 Å². The van der Waals surface area contributed by atoms with Crippen molar-refractivity contribution in [3.63, 3.8) is 0 Å². The molecule has 2 fully saturated rings. The van der Waals surface area contributed by atoms with Crippen molar-refractivity contribution < 1.29 is 19.4 Å². The topological polar surface area (TPSA) is 75.6 Å². The monoisotopic (exact) mass is 293 g/mol. The summed E-state index contributed by atoms with van der Waals surface area (Å²) in [7, 11) is 0. The van der Waals surface area contributed by atoms with Gasteiger partial charge in [0.05, 0.1) is 12.3 Å². The van der Waals surface area contributed by atoms with Crippen molar-refractivity contribution in [1.29, 1.82) is 0 Å². The predicted octanol–water partition coefficient (Wildman–Crippen LogP) is 1.51. The van der Waals surface area contributed by atoms with E-state index in [0.29, 0.717) is 11.8 Å². The van der Waals surface area contributed by atoms with Crippen LogP contribution in [0.4, 0.5) is 0 Å². The minimum absolute atomic E-state index is 0.0530. The van der Waals surface area contributed by atoms with Crippen LogP contribution in [0.25, 0.3) is 0 Å². The Bertz CT molecular complexity index is 448. The number of hydrogen-bond donors (Lipinski definition) is 2. The van der Waals surface area contributed by atoms with Gasteiger partial charge in [-0.1, -0.05) is 37.8 Å². The van der Waals surface area contributed by atoms with Gasteiger partial charge >= 0.3 is 5.97 Å². The fraction of sp³-hybridized carbons (Fsp3) is 0.750. The number of carbonyl (C=O) groups excluding carboxylic acids is 2. The third-order valence-electron chi connectivity index (χ3n) is 5.02. The average molecular weight is 293 g/mol. The zero-order chi connectivity index (χ0) is 14.8. The zero-order valence-corrected chi connectivity index (χ0v) is 12.2. The highest BCUT2D eigenvalue weighted by molar-refractivity contribution is 5.83. The van der Waals surface area contributed by atoms with Gasteiger partial charge in [-0.25, -0.2) is 0 Å². The van der Waals surface area contributed by atoms with E-state index in [1.165, 1.54) is 32.1 Å². The number of nitrogens with one attached hydrogen (secondary N) is 1. The first kappa shape index (κ1) is 14.6. The van der Waals surface area contributed by atoms with Crippen LogP contribution in [-0.2, 0) is 14.3 Å². The number of rotatable bonds is 2. The van der Waals surface area contributed by atoms with Crippen molar-refractivity contribution in [2.75, 3.05) is 0 Å². The summed E-state index contributed by atoms with van der Waals surface area (Å²) in [6.07, 6.45) is 10.3. The molecule has 5 atom stereocenters. The minimum atomic E-state index is -1.21. The van der Waals surface area contributed by atoms with Gasteiger partial charge in [-0.15, -0.1) is 0 Å². The van der Waals surface area contributed by atoms with Crippen molar-refractivity contribution in [2.24, 2.45) is 17.8 Å². The first-order valence-electron chi connectivity index (χ1n) is 8.01. The largest absolute Gasteiger partial charge is 0.434 e. The van der Waals surface area contributed by atoms with Crippen LogP contribution in [0.5, 0.6) is 0 Å². The van der Waals surface area contributed by atoms with E-state index < -0.39 is 18.3 Å². The number of aliphatic hydroxyl groups excluding tert-OH is 1. The molecule has 3 aliphatic rings.